The van der Waals surface area contributed by atoms with Gasteiger partial charge in [-0.2, -0.15) is 5.10 Å². The number of aromatic nitrogens is 1. The van der Waals surface area contributed by atoms with Crippen LogP contribution in [0.5, 0.6) is 0 Å². The average molecular weight is 434 g/mol. The van der Waals surface area contributed by atoms with E-state index in [4.69, 9.17) is 11.6 Å². The van der Waals surface area contributed by atoms with Crippen LogP contribution in [0.15, 0.2) is 66.6 Å². The normalized spacial score (nSPS) is 19.7. The minimum absolute atomic E-state index is 0.0355. The fourth-order valence-corrected chi connectivity index (χ4v) is 3.05. The number of nitrogens with one attached hydrogen (secondary N) is 3. The van der Waals surface area contributed by atoms with Crippen molar-refractivity contribution in [3.8, 4) is 0 Å². The van der Waals surface area contributed by atoms with Gasteiger partial charge in [0.25, 0.3) is 5.91 Å². The number of halogens is 1. The van der Waals surface area contributed by atoms with Crippen LogP contribution in [-0.2, 0) is 9.59 Å². The first-order chi connectivity index (χ1) is 14.3. The lowest BCUT2D eigenvalue weighted by Gasteiger charge is -2.31. The third-order valence-corrected chi connectivity index (χ3v) is 4.27. The second-order valence-corrected chi connectivity index (χ2v) is 6.86. The Morgan fingerprint density at radius 3 is 2.53 bits per heavy atom. The van der Waals surface area contributed by atoms with Crippen LogP contribution in [0, 0.1) is 5.92 Å². The number of alkyl halides is 1. The third-order valence-electron chi connectivity index (χ3n) is 3.92. The minimum atomic E-state index is -0.818. The van der Waals surface area contributed by atoms with Gasteiger partial charge >= 0.3 is 0 Å². The molecule has 1 aromatic rings. The molecule has 1 aliphatic carbocycles. The topological polar surface area (TPSA) is 95.5 Å². The summed E-state index contributed by atoms with van der Waals surface area (Å²) in [6.07, 6.45) is 8.60. The van der Waals surface area contributed by atoms with E-state index in [9.17, 15) is 9.59 Å². The molecule has 2 atom stereocenters. The number of anilines is 1. The Balaban J connectivity index is 0.00000198. The first-order valence-corrected chi connectivity index (χ1v) is 10.00. The van der Waals surface area contributed by atoms with Crippen molar-refractivity contribution in [1.29, 1.82) is 0 Å². The van der Waals surface area contributed by atoms with E-state index < -0.39 is 16.7 Å². The summed E-state index contributed by atoms with van der Waals surface area (Å²) in [5, 5.41) is 9.38. The SMILES string of the molecule is C=C.CC.CN/N=C(\CNC(=O)C1C(C)=CC=CC1(C)Cl)C(=O)Nc1cccnc1. The highest BCUT2D eigenvalue weighted by Crippen LogP contribution is 2.35. The summed E-state index contributed by atoms with van der Waals surface area (Å²) in [6, 6.07) is 3.42. The predicted molar refractivity (Wildman–Crippen MR) is 126 cm³/mol. The Hall–Kier alpha value is -2.93. The van der Waals surface area contributed by atoms with Crippen LogP contribution < -0.4 is 16.1 Å². The number of pyridine rings is 1. The summed E-state index contributed by atoms with van der Waals surface area (Å²) in [5.74, 6) is -1.22. The van der Waals surface area contributed by atoms with E-state index in [1.807, 2.05) is 32.9 Å². The maximum Gasteiger partial charge on any atom is 0.273 e. The molecule has 0 saturated heterocycles. The molecule has 3 N–H and O–H groups in total. The molecule has 2 rings (SSSR count). The lowest BCUT2D eigenvalue weighted by Crippen LogP contribution is -2.45. The Labute approximate surface area is 184 Å². The van der Waals surface area contributed by atoms with E-state index in [0.717, 1.165) is 5.57 Å². The molecule has 0 bridgehead atoms. The van der Waals surface area contributed by atoms with Crippen molar-refractivity contribution in [2.45, 2.75) is 32.6 Å². The summed E-state index contributed by atoms with van der Waals surface area (Å²) >= 11 is 6.46. The van der Waals surface area contributed by atoms with Crippen molar-refractivity contribution in [2.24, 2.45) is 11.0 Å². The van der Waals surface area contributed by atoms with Gasteiger partial charge in [-0.05, 0) is 26.0 Å². The third kappa shape index (κ3) is 8.21. The van der Waals surface area contributed by atoms with Gasteiger partial charge in [-0.25, -0.2) is 0 Å². The average Bonchev–Trinajstić information content (AvgIpc) is 2.74. The molecule has 1 aliphatic rings. The summed E-state index contributed by atoms with van der Waals surface area (Å²) in [4.78, 5) is 28.1. The van der Waals surface area contributed by atoms with Crippen LogP contribution in [0.1, 0.15) is 27.7 Å². The standard InChI is InChI=1S/C18H22ClN5O2.C2H6.C2H4/c1-12-6-4-8-18(2,19)15(12)17(26)22-11-14(24-20-3)16(25)23-13-7-5-9-21-10-13;2*1-2/h4-10,15,20H,11H2,1-3H3,(H,22,26)(H,23,25);1-2H3;1-2H2/b24-14+;;. The first kappa shape index (κ1) is 27.1. The highest BCUT2D eigenvalue weighted by atomic mass is 35.5. The van der Waals surface area contributed by atoms with Crippen LogP contribution >= 0.6 is 11.6 Å². The number of hydrogen-bond acceptors (Lipinski definition) is 5. The van der Waals surface area contributed by atoms with Gasteiger partial charge in [0, 0.05) is 13.2 Å². The zero-order valence-corrected chi connectivity index (χ0v) is 19.1. The number of allylic oxidation sites excluding steroid dienone is 3. The summed E-state index contributed by atoms with van der Waals surface area (Å²) in [7, 11) is 1.58. The second kappa shape index (κ2) is 14.1. The molecule has 2 unspecified atom stereocenters. The van der Waals surface area contributed by atoms with Crippen LogP contribution in [0.25, 0.3) is 0 Å². The molecule has 7 nitrogen and oxygen atoms in total. The van der Waals surface area contributed by atoms with Crippen molar-refractivity contribution in [3.63, 3.8) is 0 Å². The molecule has 1 aromatic heterocycles. The summed E-state index contributed by atoms with van der Waals surface area (Å²) < 4.78 is 0. The van der Waals surface area contributed by atoms with Gasteiger partial charge in [0.1, 0.15) is 5.71 Å². The maximum absolute atomic E-state index is 12.6. The van der Waals surface area contributed by atoms with E-state index in [1.54, 1.807) is 38.4 Å². The number of hydrogen-bond donors (Lipinski definition) is 3. The molecule has 8 heteroatoms. The molecular weight excluding hydrogens is 402 g/mol. The number of amides is 2. The van der Waals surface area contributed by atoms with Gasteiger partial charge in [0.2, 0.25) is 5.91 Å². The van der Waals surface area contributed by atoms with Gasteiger partial charge in [0.15, 0.2) is 0 Å². The van der Waals surface area contributed by atoms with E-state index in [0.29, 0.717) is 5.69 Å². The van der Waals surface area contributed by atoms with Crippen molar-refractivity contribution >= 4 is 34.8 Å². The van der Waals surface area contributed by atoms with Crippen molar-refractivity contribution < 1.29 is 9.59 Å². The fraction of sp³-hybridized carbons (Fsp3) is 0.364. The van der Waals surface area contributed by atoms with Crippen molar-refractivity contribution in [1.82, 2.24) is 15.7 Å². The van der Waals surface area contributed by atoms with E-state index >= 15 is 0 Å². The molecule has 30 heavy (non-hydrogen) atoms. The van der Waals surface area contributed by atoms with E-state index in [-0.39, 0.29) is 18.2 Å². The predicted octanol–water partition coefficient (Wildman–Crippen LogP) is 3.67. The number of carbonyl (C=O) groups excluding carboxylic acids is 2. The lowest BCUT2D eigenvalue weighted by atomic mass is 9.82. The number of nitrogens with zero attached hydrogens (tertiary/aromatic N) is 2. The first-order valence-electron chi connectivity index (χ1n) is 9.62. The van der Waals surface area contributed by atoms with Gasteiger partial charge in [-0.15, -0.1) is 24.8 Å². The lowest BCUT2D eigenvalue weighted by molar-refractivity contribution is -0.124. The van der Waals surface area contributed by atoms with Crippen LogP contribution in [0.4, 0.5) is 5.69 Å². The van der Waals surface area contributed by atoms with Gasteiger partial charge < -0.3 is 16.1 Å². The van der Waals surface area contributed by atoms with E-state index in [1.165, 1.54) is 6.20 Å². The molecule has 164 valence electrons. The fourth-order valence-electron chi connectivity index (χ4n) is 2.71. The van der Waals surface area contributed by atoms with Crippen LogP contribution in [-0.4, -0.2) is 41.0 Å². The monoisotopic (exact) mass is 433 g/mol. The number of carbonyl (C=O) groups is 2. The Morgan fingerprint density at radius 1 is 1.33 bits per heavy atom. The molecule has 1 heterocycles. The Kier molecular flexibility index (Phi) is 12.7. The van der Waals surface area contributed by atoms with Crippen molar-refractivity contribution in [3.05, 3.63) is 61.5 Å². The zero-order chi connectivity index (χ0) is 23.2. The molecule has 2 amide bonds. The number of hydrazone groups is 1. The second-order valence-electron chi connectivity index (χ2n) is 6.05. The quantitative estimate of drug-likeness (QED) is 0.276. The van der Waals surface area contributed by atoms with E-state index in [2.05, 4.69) is 39.3 Å². The molecule has 0 spiro atoms. The Morgan fingerprint density at radius 2 is 2.00 bits per heavy atom. The maximum atomic E-state index is 12.6. The van der Waals surface area contributed by atoms with Gasteiger partial charge in [0.05, 0.1) is 29.2 Å². The Bertz CT molecular complexity index is 773. The van der Waals surface area contributed by atoms with Crippen LogP contribution in [0.3, 0.4) is 0 Å². The highest BCUT2D eigenvalue weighted by molar-refractivity contribution is 6.44. The molecule has 0 radical (unpaired) electrons. The number of rotatable bonds is 6. The molecule has 0 aromatic carbocycles. The molecule has 0 fully saturated rings. The largest absolute Gasteiger partial charge is 0.350 e. The molecule has 0 saturated carbocycles. The zero-order valence-electron chi connectivity index (χ0n) is 18.3. The molecule has 0 aliphatic heterocycles. The smallest absolute Gasteiger partial charge is 0.273 e. The molecular formula is C22H32ClN5O2. The van der Waals surface area contributed by atoms with Gasteiger partial charge in [-0.1, -0.05) is 37.6 Å². The minimum Gasteiger partial charge on any atom is -0.350 e. The van der Waals surface area contributed by atoms with Gasteiger partial charge in [-0.3, -0.25) is 14.6 Å². The van der Waals surface area contributed by atoms with Crippen molar-refractivity contribution in [2.75, 3.05) is 18.9 Å². The highest BCUT2D eigenvalue weighted by Gasteiger charge is 2.38. The summed E-state index contributed by atoms with van der Waals surface area (Å²) in [5.41, 5.74) is 4.10. The van der Waals surface area contributed by atoms with Crippen LogP contribution in [0.2, 0.25) is 0 Å². The summed E-state index contributed by atoms with van der Waals surface area (Å²) in [6.45, 7) is 13.6.